The van der Waals surface area contributed by atoms with E-state index >= 15 is 0 Å². The van der Waals surface area contributed by atoms with Crippen molar-refractivity contribution in [1.29, 1.82) is 0 Å². The van der Waals surface area contributed by atoms with Crippen LogP contribution in [0.1, 0.15) is 46.5 Å². The summed E-state index contributed by atoms with van der Waals surface area (Å²) < 4.78 is 0. The van der Waals surface area contributed by atoms with Crippen molar-refractivity contribution < 1.29 is 0 Å². The number of piperidine rings is 1. The topological polar surface area (TPSA) is 6.48 Å². The van der Waals surface area contributed by atoms with Crippen molar-refractivity contribution in [2.24, 2.45) is 5.92 Å². The van der Waals surface area contributed by atoms with Crippen LogP contribution in [0, 0.1) is 18.3 Å². The molecule has 0 amide bonds. The van der Waals surface area contributed by atoms with Crippen LogP contribution in [-0.4, -0.2) is 47.6 Å². The molecule has 0 aliphatic carbocycles. The number of terminal acetylenes is 1. The van der Waals surface area contributed by atoms with Crippen molar-refractivity contribution in [2.75, 3.05) is 19.6 Å². The van der Waals surface area contributed by atoms with Gasteiger partial charge in [0.05, 0.1) is 0 Å². The molecule has 2 rings (SSSR count). The minimum atomic E-state index is 0.534. The fourth-order valence-corrected chi connectivity index (χ4v) is 3.62. The molecule has 2 heteroatoms. The van der Waals surface area contributed by atoms with E-state index in [1.165, 1.54) is 38.9 Å². The van der Waals surface area contributed by atoms with Crippen molar-refractivity contribution in [3.63, 3.8) is 0 Å². The van der Waals surface area contributed by atoms with Gasteiger partial charge >= 0.3 is 0 Å². The maximum atomic E-state index is 5.50. The molecule has 2 nitrogen and oxygen atoms in total. The van der Waals surface area contributed by atoms with E-state index in [1.54, 1.807) is 0 Å². The summed E-state index contributed by atoms with van der Waals surface area (Å²) in [4.78, 5) is 5.42. The van der Waals surface area contributed by atoms with Gasteiger partial charge in [-0.1, -0.05) is 20.3 Å². The van der Waals surface area contributed by atoms with Gasteiger partial charge in [-0.3, -0.25) is 9.80 Å². The first-order valence-electron chi connectivity index (χ1n) is 7.56. The Morgan fingerprint density at radius 2 is 2.00 bits per heavy atom. The highest BCUT2D eigenvalue weighted by molar-refractivity contribution is 4.97. The fourth-order valence-electron chi connectivity index (χ4n) is 3.62. The smallest absolute Gasteiger partial charge is 0.0250 e. The molecule has 0 N–H and O–H groups in total. The van der Waals surface area contributed by atoms with Crippen LogP contribution in [0.2, 0.25) is 0 Å². The van der Waals surface area contributed by atoms with Gasteiger partial charge in [-0.25, -0.2) is 0 Å². The first kappa shape index (κ1) is 13.9. The second kappa shape index (κ2) is 6.08. The maximum Gasteiger partial charge on any atom is 0.0250 e. The first-order chi connectivity index (χ1) is 8.63. The summed E-state index contributed by atoms with van der Waals surface area (Å²) in [5, 5.41) is 0. The van der Waals surface area contributed by atoms with E-state index < -0.39 is 0 Å². The molecule has 2 aliphatic heterocycles. The largest absolute Gasteiger partial charge is 0.298 e. The van der Waals surface area contributed by atoms with Crippen LogP contribution in [0.4, 0.5) is 0 Å². The molecule has 2 saturated heterocycles. The zero-order valence-electron chi connectivity index (χ0n) is 12.2. The highest BCUT2D eigenvalue weighted by Gasteiger charge is 2.37. The van der Waals surface area contributed by atoms with Gasteiger partial charge in [0.25, 0.3) is 0 Å². The Bertz CT molecular complexity index is 305. The Hall–Kier alpha value is -0.520. The number of nitrogens with zero attached hydrogens (tertiary/aromatic N) is 2. The fraction of sp³-hybridized carbons (Fsp3) is 0.875. The Balaban J connectivity index is 2.08. The Labute approximate surface area is 113 Å². The van der Waals surface area contributed by atoms with Gasteiger partial charge in [0.2, 0.25) is 0 Å². The van der Waals surface area contributed by atoms with E-state index in [0.29, 0.717) is 18.0 Å². The molecule has 18 heavy (non-hydrogen) atoms. The molecule has 2 heterocycles. The molecule has 0 bridgehead atoms. The maximum absolute atomic E-state index is 5.50. The molecule has 0 aromatic heterocycles. The standard InChI is InChI=1S/C16H28N2/c1-5-8-14(4)18-11-15-9-6-7-10-17(15)12-16(18)13(2)3/h1,13-16H,6-12H2,2-4H3. The van der Waals surface area contributed by atoms with Crippen LogP contribution in [0.15, 0.2) is 0 Å². The van der Waals surface area contributed by atoms with Crippen LogP contribution in [0.25, 0.3) is 0 Å². The minimum Gasteiger partial charge on any atom is -0.298 e. The van der Waals surface area contributed by atoms with Crippen LogP contribution in [-0.2, 0) is 0 Å². The third-order valence-electron chi connectivity index (χ3n) is 4.77. The predicted molar refractivity (Wildman–Crippen MR) is 77.5 cm³/mol. The van der Waals surface area contributed by atoms with E-state index in [4.69, 9.17) is 6.42 Å². The average molecular weight is 248 g/mol. The highest BCUT2D eigenvalue weighted by atomic mass is 15.3. The molecule has 3 unspecified atom stereocenters. The van der Waals surface area contributed by atoms with Gasteiger partial charge in [-0.05, 0) is 32.2 Å². The molecule has 2 aliphatic rings. The van der Waals surface area contributed by atoms with Gasteiger partial charge in [-0.15, -0.1) is 12.3 Å². The van der Waals surface area contributed by atoms with E-state index in [1.807, 2.05) is 0 Å². The molecule has 0 spiro atoms. The molecule has 0 aromatic carbocycles. The monoisotopic (exact) mass is 248 g/mol. The molecule has 3 atom stereocenters. The Kier molecular flexibility index (Phi) is 4.70. The summed E-state index contributed by atoms with van der Waals surface area (Å²) in [6.45, 7) is 10.8. The van der Waals surface area contributed by atoms with Crippen molar-refractivity contribution in [2.45, 2.75) is 64.6 Å². The lowest BCUT2D eigenvalue weighted by Gasteiger charge is -2.51. The molecular weight excluding hydrogens is 220 g/mol. The number of rotatable bonds is 3. The summed E-state index contributed by atoms with van der Waals surface area (Å²) in [6, 6.07) is 2.00. The number of hydrogen-bond acceptors (Lipinski definition) is 2. The summed E-state index contributed by atoms with van der Waals surface area (Å²) in [6.07, 6.45) is 10.6. The molecule has 2 fully saturated rings. The van der Waals surface area contributed by atoms with Gasteiger partial charge in [0.15, 0.2) is 0 Å². The number of fused-ring (bicyclic) bond motifs is 1. The molecule has 0 aromatic rings. The third-order valence-corrected chi connectivity index (χ3v) is 4.77. The Morgan fingerprint density at radius 1 is 1.22 bits per heavy atom. The molecule has 0 radical (unpaired) electrons. The van der Waals surface area contributed by atoms with Crippen LogP contribution in [0.5, 0.6) is 0 Å². The van der Waals surface area contributed by atoms with Crippen LogP contribution < -0.4 is 0 Å². The number of hydrogen-bond donors (Lipinski definition) is 0. The average Bonchev–Trinajstić information content (AvgIpc) is 2.37. The molecule has 0 saturated carbocycles. The SMILES string of the molecule is C#CCC(C)N1CC2CCCCN2CC1C(C)C. The normalized spacial score (nSPS) is 31.9. The first-order valence-corrected chi connectivity index (χ1v) is 7.56. The van der Waals surface area contributed by atoms with E-state index in [-0.39, 0.29) is 0 Å². The second-order valence-electron chi connectivity index (χ2n) is 6.41. The minimum absolute atomic E-state index is 0.534. The summed E-state index contributed by atoms with van der Waals surface area (Å²) >= 11 is 0. The lowest BCUT2D eigenvalue weighted by atomic mass is 9.90. The van der Waals surface area contributed by atoms with Gasteiger partial charge < -0.3 is 0 Å². The van der Waals surface area contributed by atoms with E-state index in [0.717, 1.165) is 12.5 Å². The van der Waals surface area contributed by atoms with Crippen LogP contribution >= 0.6 is 0 Å². The van der Waals surface area contributed by atoms with Crippen molar-refractivity contribution in [3.05, 3.63) is 0 Å². The third kappa shape index (κ3) is 2.90. The van der Waals surface area contributed by atoms with Crippen molar-refractivity contribution >= 4 is 0 Å². The van der Waals surface area contributed by atoms with Crippen molar-refractivity contribution in [3.8, 4) is 12.3 Å². The van der Waals surface area contributed by atoms with E-state index in [2.05, 4.69) is 36.5 Å². The van der Waals surface area contributed by atoms with Crippen molar-refractivity contribution in [1.82, 2.24) is 9.80 Å². The molecule has 102 valence electrons. The lowest BCUT2D eigenvalue weighted by Crippen LogP contribution is -2.62. The Morgan fingerprint density at radius 3 is 2.67 bits per heavy atom. The number of piperazine rings is 1. The van der Waals surface area contributed by atoms with Crippen LogP contribution in [0.3, 0.4) is 0 Å². The molecular formula is C16H28N2. The summed E-state index contributed by atoms with van der Waals surface area (Å²) in [5.74, 6) is 3.56. The summed E-state index contributed by atoms with van der Waals surface area (Å²) in [7, 11) is 0. The van der Waals surface area contributed by atoms with Gasteiger partial charge in [-0.2, -0.15) is 0 Å². The zero-order valence-corrected chi connectivity index (χ0v) is 12.2. The predicted octanol–water partition coefficient (Wildman–Crippen LogP) is 2.59. The van der Waals surface area contributed by atoms with Gasteiger partial charge in [0.1, 0.15) is 0 Å². The van der Waals surface area contributed by atoms with E-state index in [9.17, 15) is 0 Å². The highest BCUT2D eigenvalue weighted by Crippen LogP contribution is 2.28. The quantitative estimate of drug-likeness (QED) is 0.708. The van der Waals surface area contributed by atoms with Gasteiger partial charge in [0, 0.05) is 37.6 Å². The lowest BCUT2D eigenvalue weighted by molar-refractivity contribution is -0.0254. The summed E-state index contributed by atoms with van der Waals surface area (Å²) in [5.41, 5.74) is 0. The second-order valence-corrected chi connectivity index (χ2v) is 6.41. The zero-order chi connectivity index (χ0) is 13.1.